The van der Waals surface area contributed by atoms with Crippen molar-refractivity contribution in [1.29, 1.82) is 0 Å². The van der Waals surface area contributed by atoms with E-state index in [4.69, 9.17) is 9.41 Å². The van der Waals surface area contributed by atoms with E-state index in [-0.39, 0.29) is 11.9 Å². The van der Waals surface area contributed by atoms with E-state index in [0.29, 0.717) is 18.9 Å². The van der Waals surface area contributed by atoms with Gasteiger partial charge in [-0.25, -0.2) is 14.4 Å². The Labute approximate surface area is 173 Å². The zero-order valence-electron chi connectivity index (χ0n) is 16.1. The Kier molecular flexibility index (Phi) is 6.41. The predicted octanol–water partition coefficient (Wildman–Crippen LogP) is 3.43. The van der Waals surface area contributed by atoms with Gasteiger partial charge in [0.15, 0.2) is 17.6 Å². The Balaban J connectivity index is 1.36. The Morgan fingerprint density at radius 3 is 3.07 bits per heavy atom. The van der Waals surface area contributed by atoms with Gasteiger partial charge in [0.25, 0.3) is 0 Å². The highest BCUT2D eigenvalue weighted by molar-refractivity contribution is 7.09. The number of nitrogens with one attached hydrogen (secondary N) is 2. The first-order valence-electron chi connectivity index (χ1n) is 9.73. The molecule has 0 amide bonds. The van der Waals surface area contributed by atoms with Crippen LogP contribution in [-0.2, 0) is 13.0 Å². The van der Waals surface area contributed by atoms with Gasteiger partial charge in [-0.15, -0.1) is 11.3 Å². The SMILES string of the molecule is Fc1cccnc1N1CCC(NC(=NCc2cccs2)NCCc2ccco2)C1. The molecule has 29 heavy (non-hydrogen) atoms. The first kappa shape index (κ1) is 19.4. The average molecular weight is 414 g/mol. The molecule has 3 aromatic rings. The molecule has 1 saturated heterocycles. The van der Waals surface area contributed by atoms with E-state index >= 15 is 0 Å². The minimum atomic E-state index is -0.281. The maximum atomic E-state index is 14.0. The fourth-order valence-corrected chi connectivity index (χ4v) is 3.97. The van der Waals surface area contributed by atoms with Crippen LogP contribution in [0.5, 0.6) is 0 Å². The number of rotatable bonds is 7. The summed E-state index contributed by atoms with van der Waals surface area (Å²) in [6.45, 7) is 2.79. The van der Waals surface area contributed by atoms with Gasteiger partial charge in [0.05, 0.1) is 12.8 Å². The third kappa shape index (κ3) is 5.35. The van der Waals surface area contributed by atoms with Crippen molar-refractivity contribution < 1.29 is 8.81 Å². The Hall–Kier alpha value is -2.87. The van der Waals surface area contributed by atoms with Crippen LogP contribution in [0.25, 0.3) is 0 Å². The Bertz CT molecular complexity index is 913. The maximum absolute atomic E-state index is 14.0. The van der Waals surface area contributed by atoms with Crippen molar-refractivity contribution in [2.45, 2.75) is 25.4 Å². The largest absolute Gasteiger partial charge is 0.469 e. The zero-order valence-corrected chi connectivity index (χ0v) is 16.9. The van der Waals surface area contributed by atoms with Crippen LogP contribution < -0.4 is 15.5 Å². The molecule has 2 N–H and O–H groups in total. The number of anilines is 1. The molecule has 3 aromatic heterocycles. The van der Waals surface area contributed by atoms with Gasteiger partial charge >= 0.3 is 0 Å². The topological polar surface area (TPSA) is 65.7 Å². The van der Waals surface area contributed by atoms with Crippen molar-refractivity contribution in [2.75, 3.05) is 24.5 Å². The number of aliphatic imine (C=N–C) groups is 1. The summed E-state index contributed by atoms with van der Waals surface area (Å²) in [7, 11) is 0. The summed E-state index contributed by atoms with van der Waals surface area (Å²) in [6.07, 6.45) is 4.99. The van der Waals surface area contributed by atoms with E-state index in [0.717, 1.165) is 37.7 Å². The molecule has 1 aliphatic heterocycles. The van der Waals surface area contributed by atoms with Gasteiger partial charge in [-0.1, -0.05) is 6.07 Å². The Morgan fingerprint density at radius 2 is 2.28 bits per heavy atom. The quantitative estimate of drug-likeness (QED) is 0.459. The lowest BCUT2D eigenvalue weighted by atomic mass is 10.3. The third-order valence-electron chi connectivity index (χ3n) is 4.78. The molecule has 0 aliphatic carbocycles. The molecular formula is C21H24FN5OS. The van der Waals surface area contributed by atoms with Gasteiger partial charge in [-0.05, 0) is 42.1 Å². The molecule has 4 rings (SSSR count). The van der Waals surface area contributed by atoms with E-state index in [1.54, 1.807) is 29.9 Å². The van der Waals surface area contributed by atoms with Crippen molar-refractivity contribution in [3.8, 4) is 0 Å². The maximum Gasteiger partial charge on any atom is 0.191 e. The number of halogens is 1. The first-order valence-corrected chi connectivity index (χ1v) is 10.6. The van der Waals surface area contributed by atoms with Gasteiger partial charge < -0.3 is 20.0 Å². The summed E-state index contributed by atoms with van der Waals surface area (Å²) in [5.74, 6) is 1.84. The molecule has 4 heterocycles. The van der Waals surface area contributed by atoms with E-state index in [1.807, 2.05) is 23.1 Å². The second-order valence-corrected chi connectivity index (χ2v) is 7.92. The third-order valence-corrected chi connectivity index (χ3v) is 5.65. The van der Waals surface area contributed by atoms with Crippen LogP contribution in [0.4, 0.5) is 10.2 Å². The average Bonchev–Trinajstić information content (AvgIpc) is 3.49. The number of nitrogens with zero attached hydrogens (tertiary/aromatic N) is 3. The van der Waals surface area contributed by atoms with Crippen LogP contribution in [0.3, 0.4) is 0 Å². The fourth-order valence-electron chi connectivity index (χ4n) is 3.34. The lowest BCUT2D eigenvalue weighted by molar-refractivity contribution is 0.506. The zero-order chi connectivity index (χ0) is 19.9. The van der Waals surface area contributed by atoms with E-state index in [2.05, 4.69) is 27.1 Å². The number of furan rings is 1. The summed E-state index contributed by atoms with van der Waals surface area (Å²) < 4.78 is 19.4. The first-order chi connectivity index (χ1) is 14.3. The predicted molar refractivity (Wildman–Crippen MR) is 114 cm³/mol. The van der Waals surface area contributed by atoms with Gasteiger partial charge in [0.2, 0.25) is 0 Å². The molecule has 1 aliphatic rings. The molecule has 0 saturated carbocycles. The van der Waals surface area contributed by atoms with Crippen LogP contribution in [0.15, 0.2) is 63.6 Å². The van der Waals surface area contributed by atoms with Crippen LogP contribution in [0, 0.1) is 5.82 Å². The van der Waals surface area contributed by atoms with Gasteiger partial charge in [-0.2, -0.15) is 0 Å². The van der Waals surface area contributed by atoms with E-state index < -0.39 is 0 Å². The van der Waals surface area contributed by atoms with Crippen LogP contribution in [-0.4, -0.2) is 36.6 Å². The van der Waals surface area contributed by atoms with Gasteiger partial charge in [0, 0.05) is 43.2 Å². The summed E-state index contributed by atoms with van der Waals surface area (Å²) in [6, 6.07) is 11.2. The molecule has 1 unspecified atom stereocenters. The molecule has 8 heteroatoms. The van der Waals surface area contributed by atoms with Gasteiger partial charge in [0.1, 0.15) is 5.76 Å². The van der Waals surface area contributed by atoms with Crippen molar-refractivity contribution in [3.63, 3.8) is 0 Å². The Morgan fingerprint density at radius 1 is 1.31 bits per heavy atom. The normalized spacial score (nSPS) is 16.9. The second kappa shape index (κ2) is 9.56. The smallest absolute Gasteiger partial charge is 0.191 e. The minimum Gasteiger partial charge on any atom is -0.469 e. The van der Waals surface area contributed by atoms with Crippen molar-refractivity contribution >= 4 is 23.1 Å². The summed E-state index contributed by atoms with van der Waals surface area (Å²) >= 11 is 1.69. The summed E-state index contributed by atoms with van der Waals surface area (Å²) in [4.78, 5) is 12.1. The number of guanidine groups is 1. The monoisotopic (exact) mass is 413 g/mol. The van der Waals surface area contributed by atoms with Gasteiger partial charge in [-0.3, -0.25) is 0 Å². The number of thiophene rings is 1. The summed E-state index contributed by atoms with van der Waals surface area (Å²) in [5, 5.41) is 8.94. The molecule has 1 fully saturated rings. The minimum absolute atomic E-state index is 0.176. The van der Waals surface area contributed by atoms with Crippen LogP contribution in [0.1, 0.15) is 17.1 Å². The van der Waals surface area contributed by atoms with E-state index in [9.17, 15) is 4.39 Å². The molecule has 1 atom stereocenters. The van der Waals surface area contributed by atoms with Crippen molar-refractivity contribution in [3.05, 3.63) is 70.7 Å². The van der Waals surface area contributed by atoms with Crippen LogP contribution in [0.2, 0.25) is 0 Å². The highest BCUT2D eigenvalue weighted by Crippen LogP contribution is 2.20. The molecule has 0 radical (unpaired) electrons. The summed E-state index contributed by atoms with van der Waals surface area (Å²) in [5.41, 5.74) is 0. The number of aromatic nitrogens is 1. The highest BCUT2D eigenvalue weighted by atomic mass is 32.1. The van der Waals surface area contributed by atoms with E-state index in [1.165, 1.54) is 10.9 Å². The molecule has 152 valence electrons. The van der Waals surface area contributed by atoms with Crippen molar-refractivity contribution in [1.82, 2.24) is 15.6 Å². The lowest BCUT2D eigenvalue weighted by Crippen LogP contribution is -2.45. The molecule has 6 nitrogen and oxygen atoms in total. The fraction of sp³-hybridized carbons (Fsp3) is 0.333. The number of hydrogen-bond acceptors (Lipinski definition) is 5. The highest BCUT2D eigenvalue weighted by Gasteiger charge is 2.26. The molecule has 0 spiro atoms. The lowest BCUT2D eigenvalue weighted by Gasteiger charge is -2.20. The number of pyridine rings is 1. The standard InChI is InChI=1S/C21H24FN5OS/c22-19-6-1-9-23-20(19)27-11-8-16(15-27)26-21(25-14-18-5-3-13-29-18)24-10-7-17-4-2-12-28-17/h1-6,9,12-13,16H,7-8,10-11,14-15H2,(H2,24,25,26). The molecular weight excluding hydrogens is 389 g/mol. The van der Waals surface area contributed by atoms with Crippen molar-refractivity contribution in [2.24, 2.45) is 4.99 Å². The second-order valence-electron chi connectivity index (χ2n) is 6.89. The van der Waals surface area contributed by atoms with Crippen LogP contribution >= 0.6 is 11.3 Å². The number of hydrogen-bond donors (Lipinski definition) is 2. The molecule has 0 aromatic carbocycles. The molecule has 0 bridgehead atoms.